The molecule has 0 saturated heterocycles. The Hall–Kier alpha value is -2.29. The van der Waals surface area contributed by atoms with E-state index < -0.39 is 5.97 Å². The van der Waals surface area contributed by atoms with Crippen molar-refractivity contribution in [2.75, 3.05) is 0 Å². The average molecular weight is 268 g/mol. The van der Waals surface area contributed by atoms with Crippen LogP contribution in [-0.4, -0.2) is 16.2 Å². The van der Waals surface area contributed by atoms with Crippen molar-refractivity contribution in [3.05, 3.63) is 53.6 Å². The average Bonchev–Trinajstić information content (AvgIpc) is 2.36. The van der Waals surface area contributed by atoms with E-state index in [9.17, 15) is 9.90 Å². The molecule has 0 amide bonds. The Morgan fingerprint density at radius 1 is 1.10 bits per heavy atom. The smallest absolute Gasteiger partial charge is 0.335 e. The topological polar surface area (TPSA) is 57.5 Å². The summed E-state index contributed by atoms with van der Waals surface area (Å²) in [7, 11) is 0. The van der Waals surface area contributed by atoms with Crippen LogP contribution in [0.25, 0.3) is 11.1 Å². The van der Waals surface area contributed by atoms with E-state index in [1.807, 2.05) is 12.1 Å². The van der Waals surface area contributed by atoms with Crippen LogP contribution in [0.1, 0.15) is 41.1 Å². The van der Waals surface area contributed by atoms with Crippen LogP contribution in [0.2, 0.25) is 0 Å². The van der Waals surface area contributed by atoms with E-state index in [1.165, 1.54) is 37.0 Å². The Labute approximate surface area is 117 Å². The molecule has 0 spiro atoms. The van der Waals surface area contributed by atoms with Crippen molar-refractivity contribution in [2.45, 2.75) is 25.2 Å². The summed E-state index contributed by atoms with van der Waals surface area (Å²) in [5.74, 6) is -0.388. The lowest BCUT2D eigenvalue weighted by Crippen LogP contribution is -2.08. The zero-order chi connectivity index (χ0) is 14.1. The molecule has 3 heteroatoms. The molecule has 0 unspecified atom stereocenters. The van der Waals surface area contributed by atoms with E-state index in [2.05, 4.69) is 12.1 Å². The molecule has 3 rings (SSSR count). The summed E-state index contributed by atoms with van der Waals surface area (Å²) in [4.78, 5) is 10.9. The van der Waals surface area contributed by atoms with Gasteiger partial charge in [-0.3, -0.25) is 0 Å². The number of rotatable bonds is 3. The second kappa shape index (κ2) is 5.00. The van der Waals surface area contributed by atoms with Crippen LogP contribution in [-0.2, 0) is 0 Å². The normalized spacial score (nSPS) is 14.8. The Morgan fingerprint density at radius 3 is 2.50 bits per heavy atom. The van der Waals surface area contributed by atoms with Crippen molar-refractivity contribution in [3.8, 4) is 16.9 Å². The molecule has 0 heterocycles. The Bertz CT molecular complexity index is 657. The SMILES string of the molecule is O=C(O)c1ccc(-c2cccc(C3CCC3)c2)c(O)c1. The van der Waals surface area contributed by atoms with Crippen LogP contribution in [0.4, 0.5) is 0 Å². The Morgan fingerprint density at radius 2 is 1.90 bits per heavy atom. The van der Waals surface area contributed by atoms with Crippen molar-refractivity contribution < 1.29 is 15.0 Å². The van der Waals surface area contributed by atoms with Gasteiger partial charge in [0.1, 0.15) is 5.75 Å². The first-order valence-corrected chi connectivity index (χ1v) is 6.82. The van der Waals surface area contributed by atoms with Gasteiger partial charge in [0.25, 0.3) is 0 Å². The van der Waals surface area contributed by atoms with Crippen molar-refractivity contribution in [1.29, 1.82) is 0 Å². The largest absolute Gasteiger partial charge is 0.507 e. The number of benzene rings is 2. The molecule has 2 aromatic carbocycles. The molecule has 1 aliphatic rings. The minimum atomic E-state index is -1.03. The highest BCUT2D eigenvalue weighted by molar-refractivity contribution is 5.89. The van der Waals surface area contributed by atoms with Gasteiger partial charge in [0.15, 0.2) is 0 Å². The monoisotopic (exact) mass is 268 g/mol. The maximum atomic E-state index is 10.9. The number of phenols is 1. The molecule has 1 aliphatic carbocycles. The number of carboxylic acids is 1. The van der Waals surface area contributed by atoms with Gasteiger partial charge in [-0.15, -0.1) is 0 Å². The van der Waals surface area contributed by atoms with Crippen LogP contribution in [0.5, 0.6) is 5.75 Å². The molecule has 0 atom stereocenters. The molecule has 0 aliphatic heterocycles. The molecule has 3 nitrogen and oxygen atoms in total. The van der Waals surface area contributed by atoms with Gasteiger partial charge in [0, 0.05) is 5.56 Å². The van der Waals surface area contributed by atoms with Crippen LogP contribution >= 0.6 is 0 Å². The Kier molecular flexibility index (Phi) is 3.18. The van der Waals surface area contributed by atoms with E-state index in [0.29, 0.717) is 11.5 Å². The lowest BCUT2D eigenvalue weighted by molar-refractivity contribution is 0.0696. The molecule has 1 saturated carbocycles. The molecule has 0 radical (unpaired) electrons. The van der Waals surface area contributed by atoms with Crippen molar-refractivity contribution in [1.82, 2.24) is 0 Å². The number of hydrogen-bond donors (Lipinski definition) is 2. The molecule has 2 aromatic rings. The third kappa shape index (κ3) is 2.27. The zero-order valence-corrected chi connectivity index (χ0v) is 11.0. The lowest BCUT2D eigenvalue weighted by Gasteiger charge is -2.26. The fourth-order valence-corrected chi connectivity index (χ4v) is 2.61. The fraction of sp³-hybridized carbons (Fsp3) is 0.235. The lowest BCUT2D eigenvalue weighted by atomic mass is 9.79. The number of phenolic OH excluding ortho intramolecular Hbond substituents is 1. The van der Waals surface area contributed by atoms with E-state index in [-0.39, 0.29) is 11.3 Å². The second-order valence-electron chi connectivity index (χ2n) is 5.29. The van der Waals surface area contributed by atoms with Gasteiger partial charge in [-0.1, -0.05) is 30.7 Å². The molecule has 1 fully saturated rings. The molecule has 102 valence electrons. The molecular weight excluding hydrogens is 252 g/mol. The predicted octanol–water partition coefficient (Wildman–Crippen LogP) is 4.02. The molecule has 0 aromatic heterocycles. The van der Waals surface area contributed by atoms with E-state index in [0.717, 1.165) is 5.56 Å². The summed E-state index contributed by atoms with van der Waals surface area (Å²) < 4.78 is 0. The van der Waals surface area contributed by atoms with Gasteiger partial charge < -0.3 is 10.2 Å². The van der Waals surface area contributed by atoms with Crippen molar-refractivity contribution >= 4 is 5.97 Å². The minimum absolute atomic E-state index is 0.00987. The fourth-order valence-electron chi connectivity index (χ4n) is 2.61. The van der Waals surface area contributed by atoms with E-state index in [1.54, 1.807) is 6.07 Å². The highest BCUT2D eigenvalue weighted by Gasteiger charge is 2.20. The van der Waals surface area contributed by atoms with Gasteiger partial charge in [-0.2, -0.15) is 0 Å². The number of aromatic carboxylic acids is 1. The first-order valence-electron chi connectivity index (χ1n) is 6.82. The summed E-state index contributed by atoms with van der Waals surface area (Å²) in [6, 6.07) is 12.6. The first-order chi connectivity index (χ1) is 9.65. The summed E-state index contributed by atoms with van der Waals surface area (Å²) >= 11 is 0. The number of hydrogen-bond acceptors (Lipinski definition) is 2. The first kappa shape index (κ1) is 12.7. The maximum absolute atomic E-state index is 10.9. The second-order valence-corrected chi connectivity index (χ2v) is 5.29. The molecular formula is C17H16O3. The minimum Gasteiger partial charge on any atom is -0.507 e. The van der Waals surface area contributed by atoms with Crippen LogP contribution in [0, 0.1) is 0 Å². The summed E-state index contributed by atoms with van der Waals surface area (Å²) in [6.45, 7) is 0. The molecule has 2 N–H and O–H groups in total. The quantitative estimate of drug-likeness (QED) is 0.883. The van der Waals surface area contributed by atoms with Crippen molar-refractivity contribution in [2.24, 2.45) is 0 Å². The maximum Gasteiger partial charge on any atom is 0.335 e. The van der Waals surface area contributed by atoms with Gasteiger partial charge >= 0.3 is 5.97 Å². The van der Waals surface area contributed by atoms with Crippen molar-refractivity contribution in [3.63, 3.8) is 0 Å². The summed E-state index contributed by atoms with van der Waals surface area (Å²) in [5.41, 5.74) is 3.01. The third-order valence-electron chi connectivity index (χ3n) is 4.02. The van der Waals surface area contributed by atoms with E-state index >= 15 is 0 Å². The number of aromatic hydroxyl groups is 1. The summed E-state index contributed by atoms with van der Waals surface area (Å²) in [6.07, 6.45) is 3.74. The highest BCUT2D eigenvalue weighted by atomic mass is 16.4. The van der Waals surface area contributed by atoms with Crippen LogP contribution in [0.15, 0.2) is 42.5 Å². The standard InChI is InChI=1S/C17H16O3/c18-16-10-14(17(19)20)7-8-15(16)13-6-2-5-12(9-13)11-3-1-4-11/h2,5-11,18H,1,3-4H2,(H,19,20). The zero-order valence-electron chi connectivity index (χ0n) is 11.0. The van der Waals surface area contributed by atoms with Gasteiger partial charge in [0.2, 0.25) is 0 Å². The number of carboxylic acid groups (broad SMARTS) is 1. The predicted molar refractivity (Wildman–Crippen MR) is 77.1 cm³/mol. The van der Waals surface area contributed by atoms with Crippen LogP contribution in [0.3, 0.4) is 0 Å². The number of carbonyl (C=O) groups is 1. The van der Waals surface area contributed by atoms with Crippen LogP contribution < -0.4 is 0 Å². The summed E-state index contributed by atoms with van der Waals surface area (Å²) in [5, 5.41) is 18.9. The van der Waals surface area contributed by atoms with E-state index in [4.69, 9.17) is 5.11 Å². The Balaban J connectivity index is 1.98. The molecule has 0 bridgehead atoms. The molecule has 20 heavy (non-hydrogen) atoms. The van der Waals surface area contributed by atoms with Gasteiger partial charge in [-0.25, -0.2) is 4.79 Å². The third-order valence-corrected chi connectivity index (χ3v) is 4.02. The van der Waals surface area contributed by atoms with Gasteiger partial charge in [-0.05, 0) is 48.1 Å². The highest BCUT2D eigenvalue weighted by Crippen LogP contribution is 2.38. The van der Waals surface area contributed by atoms with Gasteiger partial charge in [0.05, 0.1) is 5.56 Å².